The maximum atomic E-state index is 13.2. The lowest BCUT2D eigenvalue weighted by atomic mass is 9.98. The molecule has 0 atom stereocenters. The largest absolute Gasteiger partial charge is 0.506 e. The highest BCUT2D eigenvalue weighted by Gasteiger charge is 2.22. The zero-order chi connectivity index (χ0) is 28.4. The summed E-state index contributed by atoms with van der Waals surface area (Å²) in [4.78, 5) is 50.7. The first-order chi connectivity index (χ1) is 18.7. The maximum Gasteiger partial charge on any atom is 0.325 e. The number of halogens is 1. The summed E-state index contributed by atoms with van der Waals surface area (Å²) in [6, 6.07) is 14.9. The van der Waals surface area contributed by atoms with E-state index in [-0.39, 0.29) is 49.1 Å². The molecule has 0 saturated carbocycles. The number of benzene rings is 3. The fraction of sp³-hybridized carbons (Fsp3) is 0.250. The second-order valence-corrected chi connectivity index (χ2v) is 8.67. The van der Waals surface area contributed by atoms with Crippen molar-refractivity contribution in [3.8, 4) is 5.75 Å². The normalized spacial score (nSPS) is 10.8. The molecule has 0 spiro atoms. The number of rotatable bonds is 11. The molecule has 3 aromatic carbocycles. The average Bonchev–Trinajstić information content (AvgIpc) is 2.91. The van der Waals surface area contributed by atoms with E-state index in [1.165, 1.54) is 24.4 Å². The van der Waals surface area contributed by atoms with Gasteiger partial charge in [-0.25, -0.2) is 5.43 Å². The van der Waals surface area contributed by atoms with Gasteiger partial charge in [-0.3, -0.25) is 19.2 Å². The van der Waals surface area contributed by atoms with E-state index < -0.39 is 23.8 Å². The molecule has 0 aliphatic heterocycles. The number of ether oxygens (including phenoxy) is 2. The highest BCUT2D eigenvalue weighted by atomic mass is 35.5. The van der Waals surface area contributed by atoms with Crippen LogP contribution in [0, 0.1) is 0 Å². The number of hydrogen-bond donors (Lipinski definition) is 2. The molecular formula is C28H28ClN3O7. The van der Waals surface area contributed by atoms with E-state index in [2.05, 4.69) is 10.5 Å². The van der Waals surface area contributed by atoms with Gasteiger partial charge in [0.25, 0.3) is 5.91 Å². The predicted octanol–water partition coefficient (Wildman–Crippen LogP) is 3.46. The van der Waals surface area contributed by atoms with Crippen molar-refractivity contribution in [3.63, 3.8) is 0 Å². The third-order valence-electron chi connectivity index (χ3n) is 5.57. The number of phenolic OH excluding ortho intramolecular Hbond substituents is 1. The van der Waals surface area contributed by atoms with Gasteiger partial charge in [0.1, 0.15) is 18.8 Å². The fourth-order valence-corrected chi connectivity index (χ4v) is 3.94. The fourth-order valence-electron chi connectivity index (χ4n) is 3.76. The van der Waals surface area contributed by atoms with Crippen LogP contribution in [0.5, 0.6) is 5.75 Å². The number of fused-ring (bicyclic) bond motifs is 1. The number of hydrazone groups is 1. The molecule has 0 saturated heterocycles. The summed E-state index contributed by atoms with van der Waals surface area (Å²) in [6.45, 7) is 2.86. The quantitative estimate of drug-likeness (QED) is 0.211. The van der Waals surface area contributed by atoms with Crippen LogP contribution in [-0.2, 0) is 30.3 Å². The van der Waals surface area contributed by atoms with Crippen molar-refractivity contribution >= 4 is 52.3 Å². The highest BCUT2D eigenvalue weighted by molar-refractivity contribution is 6.32. The Morgan fingerprint density at radius 2 is 1.59 bits per heavy atom. The van der Waals surface area contributed by atoms with Crippen molar-refractivity contribution in [1.82, 2.24) is 10.3 Å². The first kappa shape index (κ1) is 29.1. The Morgan fingerprint density at radius 3 is 2.21 bits per heavy atom. The van der Waals surface area contributed by atoms with Crippen LogP contribution in [0.15, 0.2) is 59.7 Å². The number of carbonyl (C=O) groups excluding carboxylic acids is 4. The number of phenols is 1. The molecule has 2 amide bonds. The molecule has 2 N–H and O–H groups in total. The van der Waals surface area contributed by atoms with Gasteiger partial charge in [-0.05, 0) is 48.4 Å². The second-order valence-electron chi connectivity index (χ2n) is 8.26. The van der Waals surface area contributed by atoms with E-state index >= 15 is 0 Å². The lowest BCUT2D eigenvalue weighted by molar-refractivity contribution is -0.153. The standard InChI is InChI=1S/C28H28ClN3O7/c1-3-38-26(35)16-32(17-27(36)39-4-2)25(34)14-18-9-10-20(22-8-6-5-7-21(18)22)15-30-31-28(37)19-11-12-24(33)23(29)13-19/h5-13,15,33H,3-4,14,16-17H2,1-2H3,(H,31,37)/b30-15+. The smallest absolute Gasteiger partial charge is 0.325 e. The van der Waals surface area contributed by atoms with Gasteiger partial charge in [0.2, 0.25) is 5.91 Å². The van der Waals surface area contributed by atoms with Crippen LogP contribution in [-0.4, -0.2) is 66.3 Å². The van der Waals surface area contributed by atoms with Gasteiger partial charge in [0.15, 0.2) is 0 Å². The van der Waals surface area contributed by atoms with E-state index in [0.717, 1.165) is 15.7 Å². The lowest BCUT2D eigenvalue weighted by Gasteiger charge is -2.21. The van der Waals surface area contributed by atoms with Crippen molar-refractivity contribution in [3.05, 3.63) is 76.3 Å². The van der Waals surface area contributed by atoms with Crippen LogP contribution in [0.4, 0.5) is 0 Å². The van der Waals surface area contributed by atoms with E-state index in [4.69, 9.17) is 21.1 Å². The number of carbonyl (C=O) groups is 4. The first-order valence-electron chi connectivity index (χ1n) is 12.1. The second kappa shape index (κ2) is 13.9. The zero-order valence-corrected chi connectivity index (χ0v) is 22.2. The van der Waals surface area contributed by atoms with E-state index in [1.807, 2.05) is 24.3 Å². The number of esters is 2. The summed E-state index contributed by atoms with van der Waals surface area (Å²) >= 11 is 5.86. The van der Waals surface area contributed by atoms with Crippen molar-refractivity contribution in [1.29, 1.82) is 0 Å². The summed E-state index contributed by atoms with van der Waals surface area (Å²) in [5.74, 6) is -2.33. The Kier molecular flexibility index (Phi) is 10.4. The Balaban J connectivity index is 1.79. The molecular weight excluding hydrogens is 526 g/mol. The molecule has 0 heterocycles. The number of nitrogens with zero attached hydrogens (tertiary/aromatic N) is 2. The SMILES string of the molecule is CCOC(=O)CN(CC(=O)OCC)C(=O)Cc1ccc(/C=N/NC(=O)c2ccc(O)c(Cl)c2)c2ccccc12. The van der Waals surface area contributed by atoms with Crippen LogP contribution < -0.4 is 5.43 Å². The Bertz CT molecular complexity index is 1390. The molecule has 0 bridgehead atoms. The number of hydrogen-bond acceptors (Lipinski definition) is 8. The number of amides is 2. The van der Waals surface area contributed by atoms with Gasteiger partial charge in [-0.15, -0.1) is 0 Å². The molecule has 0 fully saturated rings. The van der Waals surface area contributed by atoms with Crippen molar-refractivity contribution < 1.29 is 33.8 Å². The molecule has 39 heavy (non-hydrogen) atoms. The number of nitrogens with one attached hydrogen (secondary N) is 1. The molecule has 0 aliphatic carbocycles. The third-order valence-corrected chi connectivity index (χ3v) is 5.88. The van der Waals surface area contributed by atoms with Crippen LogP contribution in [0.2, 0.25) is 5.02 Å². The van der Waals surface area contributed by atoms with Gasteiger partial charge in [-0.2, -0.15) is 5.10 Å². The van der Waals surface area contributed by atoms with Crippen molar-refractivity contribution in [2.45, 2.75) is 20.3 Å². The molecule has 0 aromatic heterocycles. The summed E-state index contributed by atoms with van der Waals surface area (Å²) < 4.78 is 9.89. The van der Waals surface area contributed by atoms with Crippen LogP contribution >= 0.6 is 11.6 Å². The summed E-state index contributed by atoms with van der Waals surface area (Å²) in [5.41, 5.74) is 4.00. The Hall–Kier alpha value is -4.44. The molecule has 0 aliphatic rings. The van der Waals surface area contributed by atoms with Crippen molar-refractivity contribution in [2.24, 2.45) is 5.10 Å². The summed E-state index contributed by atoms with van der Waals surface area (Å²) in [7, 11) is 0. The molecule has 3 aromatic rings. The van der Waals surface area contributed by atoms with E-state index in [9.17, 15) is 24.3 Å². The van der Waals surface area contributed by atoms with Gasteiger partial charge < -0.3 is 19.5 Å². The zero-order valence-electron chi connectivity index (χ0n) is 21.5. The average molecular weight is 554 g/mol. The van der Waals surface area contributed by atoms with Crippen molar-refractivity contribution in [2.75, 3.05) is 26.3 Å². The van der Waals surface area contributed by atoms with Crippen LogP contribution in [0.25, 0.3) is 10.8 Å². The first-order valence-corrected chi connectivity index (χ1v) is 12.5. The molecule has 0 unspecified atom stereocenters. The van der Waals surface area contributed by atoms with Gasteiger partial charge in [0, 0.05) is 11.1 Å². The molecule has 10 nitrogen and oxygen atoms in total. The monoisotopic (exact) mass is 553 g/mol. The van der Waals surface area contributed by atoms with Gasteiger partial charge >= 0.3 is 11.9 Å². The van der Waals surface area contributed by atoms with Crippen LogP contribution in [0.1, 0.15) is 35.3 Å². The van der Waals surface area contributed by atoms with Crippen LogP contribution in [0.3, 0.4) is 0 Å². The minimum absolute atomic E-state index is 0.0471. The predicted molar refractivity (Wildman–Crippen MR) is 146 cm³/mol. The Labute approximate surface area is 230 Å². The van der Waals surface area contributed by atoms with E-state index in [1.54, 1.807) is 26.0 Å². The number of aromatic hydroxyl groups is 1. The topological polar surface area (TPSA) is 135 Å². The summed E-state index contributed by atoms with van der Waals surface area (Å²) in [6.07, 6.45) is 1.40. The summed E-state index contributed by atoms with van der Waals surface area (Å²) in [5, 5.41) is 15.1. The lowest BCUT2D eigenvalue weighted by Crippen LogP contribution is -2.41. The highest BCUT2D eigenvalue weighted by Crippen LogP contribution is 2.24. The third kappa shape index (κ3) is 8.02. The molecule has 204 valence electrons. The minimum atomic E-state index is -0.622. The van der Waals surface area contributed by atoms with Gasteiger partial charge in [0.05, 0.1) is 30.9 Å². The minimum Gasteiger partial charge on any atom is -0.506 e. The van der Waals surface area contributed by atoms with E-state index in [0.29, 0.717) is 11.1 Å². The maximum absolute atomic E-state index is 13.2. The molecule has 3 rings (SSSR count). The molecule has 11 heteroatoms. The Morgan fingerprint density at radius 1 is 0.949 bits per heavy atom. The molecule has 0 radical (unpaired) electrons. The van der Waals surface area contributed by atoms with Gasteiger partial charge in [-0.1, -0.05) is 48.0 Å².